The number of amides is 2. The van der Waals surface area contributed by atoms with Crippen molar-refractivity contribution in [3.05, 3.63) is 112 Å². The molecule has 46 heavy (non-hydrogen) atoms. The molecule has 234 valence electrons. The summed E-state index contributed by atoms with van der Waals surface area (Å²) in [6.07, 6.45) is 1.11. The highest BCUT2D eigenvalue weighted by Gasteiger charge is 2.29. The highest BCUT2D eigenvalue weighted by Crippen LogP contribution is 2.35. The molecule has 0 unspecified atom stereocenters. The normalized spacial score (nSPS) is 13.9. The monoisotopic (exact) mass is 645 g/mol. The van der Waals surface area contributed by atoms with E-state index in [9.17, 15) is 33.5 Å². The van der Waals surface area contributed by atoms with Crippen molar-refractivity contribution in [3.63, 3.8) is 0 Å². The van der Waals surface area contributed by atoms with Gasteiger partial charge in [-0.05, 0) is 83.7 Å². The molecule has 14 nitrogen and oxygen atoms in total. The molecule has 0 saturated carbocycles. The number of carbonyl (C=O) groups excluding carboxylic acids is 2. The topological polar surface area (TPSA) is 211 Å². The number of fused-ring (bicyclic) bond motifs is 2. The van der Waals surface area contributed by atoms with Gasteiger partial charge in [-0.15, -0.1) is 0 Å². The third kappa shape index (κ3) is 5.27. The van der Waals surface area contributed by atoms with Crippen molar-refractivity contribution in [2.24, 2.45) is 0 Å². The van der Waals surface area contributed by atoms with E-state index in [1.165, 1.54) is 34.7 Å². The number of aromatic nitrogens is 3. The fourth-order valence-corrected chi connectivity index (χ4v) is 5.76. The van der Waals surface area contributed by atoms with Crippen molar-refractivity contribution in [1.29, 1.82) is 0 Å². The summed E-state index contributed by atoms with van der Waals surface area (Å²) >= 11 is 5.19. The number of rotatable bonds is 9. The predicted octanol–water partition coefficient (Wildman–Crippen LogP) is 2.34. The Morgan fingerprint density at radius 1 is 1.13 bits per heavy atom. The van der Waals surface area contributed by atoms with E-state index in [0.29, 0.717) is 24.0 Å². The van der Waals surface area contributed by atoms with Crippen LogP contribution in [0.1, 0.15) is 71.6 Å². The second-order valence-corrected chi connectivity index (χ2v) is 11.0. The first-order chi connectivity index (χ1) is 21.9. The minimum atomic E-state index is -1.03. The molecular weight excluding hydrogens is 621 g/mol. The van der Waals surface area contributed by atoms with Crippen LogP contribution in [0.4, 0.5) is 15.8 Å². The predicted molar refractivity (Wildman–Crippen MR) is 163 cm³/mol. The zero-order valence-corrected chi connectivity index (χ0v) is 24.8. The number of halogens is 1. The zero-order chi connectivity index (χ0) is 32.9. The molecule has 5 aromatic rings. The van der Waals surface area contributed by atoms with Gasteiger partial charge in [-0.2, -0.15) is 0 Å². The molecule has 2 amide bonds. The molecule has 16 heteroatoms. The zero-order valence-electron chi connectivity index (χ0n) is 24.0. The largest absolute Gasteiger partial charge is 0.478 e. The van der Waals surface area contributed by atoms with Crippen LogP contribution in [0.15, 0.2) is 50.5 Å². The molecule has 0 bridgehead atoms. The van der Waals surface area contributed by atoms with Crippen molar-refractivity contribution in [1.82, 2.24) is 25.2 Å². The maximum atomic E-state index is 14.4. The Labute approximate surface area is 262 Å². The smallest absolute Gasteiger partial charge is 0.335 e. The van der Waals surface area contributed by atoms with Crippen molar-refractivity contribution < 1.29 is 28.4 Å². The van der Waals surface area contributed by atoms with Crippen LogP contribution in [0.3, 0.4) is 0 Å². The highest BCUT2D eigenvalue weighted by molar-refractivity contribution is 7.71. The van der Waals surface area contributed by atoms with E-state index < -0.39 is 40.5 Å². The first-order valence-corrected chi connectivity index (χ1v) is 14.3. The third-order valence-electron chi connectivity index (χ3n) is 7.98. The molecule has 0 fully saturated rings. The van der Waals surface area contributed by atoms with Crippen LogP contribution in [0.25, 0.3) is 5.78 Å². The second kappa shape index (κ2) is 11.6. The van der Waals surface area contributed by atoms with Gasteiger partial charge in [0.25, 0.3) is 28.4 Å². The van der Waals surface area contributed by atoms with E-state index in [2.05, 4.69) is 26.1 Å². The number of anilines is 2. The lowest BCUT2D eigenvalue weighted by atomic mass is 9.98. The van der Waals surface area contributed by atoms with Gasteiger partial charge in [-0.25, -0.2) is 18.6 Å². The van der Waals surface area contributed by atoms with Gasteiger partial charge in [0.1, 0.15) is 28.6 Å². The fourth-order valence-electron chi connectivity index (χ4n) is 5.55. The first-order valence-electron chi connectivity index (χ1n) is 13.9. The number of carboxylic acids is 1. The van der Waals surface area contributed by atoms with E-state index in [1.54, 1.807) is 13.0 Å². The van der Waals surface area contributed by atoms with Gasteiger partial charge >= 0.3 is 10.8 Å². The van der Waals surface area contributed by atoms with Gasteiger partial charge in [-0.1, -0.05) is 12.1 Å². The average Bonchev–Trinajstić information content (AvgIpc) is 3.63. The Kier molecular flexibility index (Phi) is 7.65. The third-order valence-corrected chi connectivity index (χ3v) is 8.24. The number of hydrogen-bond acceptors (Lipinski definition) is 11. The number of nitrogen functional groups attached to an aromatic ring is 1. The van der Waals surface area contributed by atoms with E-state index in [-0.39, 0.29) is 57.6 Å². The molecule has 3 aromatic carbocycles. The van der Waals surface area contributed by atoms with Crippen molar-refractivity contribution in [3.8, 4) is 0 Å². The maximum absolute atomic E-state index is 14.4. The summed E-state index contributed by atoms with van der Waals surface area (Å²) in [7, 11) is 0. The van der Waals surface area contributed by atoms with Crippen LogP contribution in [0, 0.1) is 17.6 Å². The van der Waals surface area contributed by atoms with Gasteiger partial charge in [0.05, 0.1) is 11.6 Å². The summed E-state index contributed by atoms with van der Waals surface area (Å²) in [5, 5.41) is 21.5. The van der Waals surface area contributed by atoms with Gasteiger partial charge in [0.2, 0.25) is 0 Å². The summed E-state index contributed by atoms with van der Waals surface area (Å²) in [6, 6.07) is 8.14. The molecule has 0 spiro atoms. The molecular formula is C30H24FN7O7S. The quantitative estimate of drug-likeness (QED) is 0.116. The van der Waals surface area contributed by atoms with E-state index >= 15 is 0 Å². The molecule has 2 aromatic heterocycles. The van der Waals surface area contributed by atoms with Crippen LogP contribution in [-0.2, 0) is 19.5 Å². The number of carboxylic acid groups (broad SMARTS) is 1. The minimum Gasteiger partial charge on any atom is -0.478 e. The molecule has 1 aliphatic carbocycles. The van der Waals surface area contributed by atoms with Crippen molar-refractivity contribution in [2.75, 3.05) is 11.1 Å². The molecule has 0 radical (unpaired) electrons. The number of carbonyl (C=O) groups is 3. The fraction of sp³-hybridized carbons (Fsp3) is 0.200. The Bertz CT molecular complexity index is 2240. The number of nitrogens with two attached hydrogens (primary N) is 1. The molecule has 6 N–H and O–H groups in total. The van der Waals surface area contributed by atoms with E-state index in [0.717, 1.165) is 11.1 Å². The lowest BCUT2D eigenvalue weighted by Gasteiger charge is -2.16. The SMILES string of the molecule is Cc1c(C(=O)O)ccc2c1CC[C@@H]2NC(=O)c1cc(C(=O)NCc2ccc(F)c(CNc3c(N)c(=O)c3=O)c2)nc2noc(=S)n12. The van der Waals surface area contributed by atoms with Crippen LogP contribution in [0.5, 0.6) is 0 Å². The van der Waals surface area contributed by atoms with Crippen molar-refractivity contribution >= 4 is 47.2 Å². The van der Waals surface area contributed by atoms with Gasteiger partial charge in [0.15, 0.2) is 0 Å². The van der Waals surface area contributed by atoms with Crippen LogP contribution < -0.4 is 32.5 Å². The standard InChI is InChI=1S/C30H24FN7O7S/c1-12-15-5-7-19(17(15)4-3-16(12)28(43)44)35-27(42)21-9-20(36-29-37-45-30(46)38(21)29)26(41)34-10-13-2-6-18(31)14(8-13)11-33-23-22(32)24(39)25(23)40/h2-4,6,8-9,19,33H,5,7,10-11,32H2,1H3,(H,34,41)(H,35,42)(H,43,44)/t19-/m0/s1. The maximum Gasteiger partial charge on any atom is 0.335 e. The molecule has 0 aliphatic heterocycles. The minimum absolute atomic E-state index is 0.0512. The average molecular weight is 646 g/mol. The van der Waals surface area contributed by atoms with E-state index in [1.807, 2.05) is 0 Å². The summed E-state index contributed by atoms with van der Waals surface area (Å²) in [5.74, 6) is -2.98. The number of benzene rings is 2. The summed E-state index contributed by atoms with van der Waals surface area (Å²) in [4.78, 5) is 65.2. The van der Waals surface area contributed by atoms with E-state index in [4.69, 9.17) is 22.5 Å². The van der Waals surface area contributed by atoms with Crippen LogP contribution in [0.2, 0.25) is 0 Å². The van der Waals surface area contributed by atoms with Crippen LogP contribution in [-0.4, -0.2) is 37.4 Å². The molecule has 0 saturated heterocycles. The number of hydrogen-bond donors (Lipinski definition) is 5. The Balaban J connectivity index is 1.19. The van der Waals surface area contributed by atoms with Gasteiger partial charge < -0.3 is 31.3 Å². The number of nitrogens with one attached hydrogen (secondary N) is 3. The highest BCUT2D eigenvalue weighted by atomic mass is 32.1. The van der Waals surface area contributed by atoms with Gasteiger partial charge in [0, 0.05) is 18.7 Å². The molecule has 1 aliphatic rings. The molecule has 6 rings (SSSR count). The summed E-state index contributed by atoms with van der Waals surface area (Å²) < 4.78 is 20.7. The van der Waals surface area contributed by atoms with Crippen molar-refractivity contribution in [2.45, 2.75) is 38.9 Å². The Hall–Kier alpha value is -5.77. The first kappa shape index (κ1) is 30.3. The Morgan fingerprint density at radius 2 is 1.91 bits per heavy atom. The number of nitrogens with zero attached hydrogens (tertiary/aromatic N) is 3. The second-order valence-electron chi connectivity index (χ2n) is 10.7. The Morgan fingerprint density at radius 3 is 2.65 bits per heavy atom. The lowest BCUT2D eigenvalue weighted by Crippen LogP contribution is -2.37. The van der Waals surface area contributed by atoms with Crippen LogP contribution >= 0.6 is 12.2 Å². The summed E-state index contributed by atoms with van der Waals surface area (Å²) in [5.41, 5.74) is 6.61. The van der Waals surface area contributed by atoms with Gasteiger partial charge in [-0.3, -0.25) is 19.2 Å². The number of aromatic carboxylic acids is 1. The molecule has 1 atom stereocenters. The molecule has 2 heterocycles. The summed E-state index contributed by atoms with van der Waals surface area (Å²) in [6.45, 7) is 1.56. The lowest BCUT2D eigenvalue weighted by molar-refractivity contribution is 0.0695.